The Kier molecular flexibility index (Phi) is 5.44. The second-order valence-electron chi connectivity index (χ2n) is 7.89. The van der Waals surface area contributed by atoms with E-state index in [2.05, 4.69) is 0 Å². The highest BCUT2D eigenvalue weighted by atomic mass is 19.2. The number of benzene rings is 3. The fraction of sp³-hybridized carbons (Fsp3) is 0.0769. The number of halogens is 2. The van der Waals surface area contributed by atoms with Crippen molar-refractivity contribution in [1.29, 1.82) is 0 Å². The maximum absolute atomic E-state index is 14.6. The minimum absolute atomic E-state index is 0.0776. The summed E-state index contributed by atoms with van der Waals surface area (Å²) in [7, 11) is 0. The van der Waals surface area contributed by atoms with E-state index in [1.165, 1.54) is 18.4 Å². The average molecular weight is 476 g/mol. The van der Waals surface area contributed by atoms with E-state index in [-0.39, 0.29) is 23.4 Å². The lowest BCUT2D eigenvalue weighted by Gasteiger charge is -2.11. The summed E-state index contributed by atoms with van der Waals surface area (Å²) < 4.78 is 41.4. The van der Waals surface area contributed by atoms with E-state index in [9.17, 15) is 23.5 Å². The van der Waals surface area contributed by atoms with E-state index in [0.717, 1.165) is 6.07 Å². The zero-order valence-electron chi connectivity index (χ0n) is 18.1. The van der Waals surface area contributed by atoms with Gasteiger partial charge >= 0.3 is 5.97 Å². The van der Waals surface area contributed by atoms with Gasteiger partial charge in [0.15, 0.2) is 18.2 Å². The number of fused-ring (bicyclic) bond motifs is 3. The number of furan rings is 1. The van der Waals surface area contributed by atoms with Gasteiger partial charge in [-0.2, -0.15) is 0 Å². The Labute approximate surface area is 196 Å². The topological polar surface area (TPSA) is 108 Å². The fourth-order valence-corrected chi connectivity index (χ4v) is 4.28. The molecule has 7 nitrogen and oxygen atoms in total. The number of rotatable bonds is 7. The first-order valence-electron chi connectivity index (χ1n) is 10.5. The van der Waals surface area contributed by atoms with Gasteiger partial charge in [0, 0.05) is 22.1 Å². The summed E-state index contributed by atoms with van der Waals surface area (Å²) in [5, 5.41) is 10.0. The molecule has 0 aliphatic rings. The molecule has 35 heavy (non-hydrogen) atoms. The number of hydrogen-bond acceptors (Lipinski definition) is 4. The molecule has 176 valence electrons. The van der Waals surface area contributed by atoms with Crippen LogP contribution >= 0.6 is 0 Å². The summed E-state index contributed by atoms with van der Waals surface area (Å²) >= 11 is 0. The maximum Gasteiger partial charge on any atom is 0.341 e. The van der Waals surface area contributed by atoms with Crippen molar-refractivity contribution in [2.45, 2.75) is 6.54 Å². The van der Waals surface area contributed by atoms with Crippen molar-refractivity contribution in [2.75, 3.05) is 6.61 Å². The lowest BCUT2D eigenvalue weighted by atomic mass is 10.0. The summed E-state index contributed by atoms with van der Waals surface area (Å²) in [4.78, 5) is 23.6. The lowest BCUT2D eigenvalue weighted by Crippen LogP contribution is -2.11. The van der Waals surface area contributed by atoms with Gasteiger partial charge in [-0.25, -0.2) is 13.6 Å². The number of carboxylic acid groups (broad SMARTS) is 1. The molecule has 0 spiro atoms. The largest absolute Gasteiger partial charge is 0.481 e. The Morgan fingerprint density at radius 2 is 1.80 bits per heavy atom. The SMILES string of the molecule is NC(=O)c1cccc2c1c1c(OCC(=O)O)cc(-c3ccco3)cc1n2Cc1cccc(F)c1F. The number of carbonyl (C=O) groups excluding carboxylic acids is 1. The van der Waals surface area contributed by atoms with Crippen LogP contribution in [-0.4, -0.2) is 28.2 Å². The van der Waals surface area contributed by atoms with Crippen molar-refractivity contribution in [1.82, 2.24) is 4.57 Å². The minimum Gasteiger partial charge on any atom is -0.481 e. The van der Waals surface area contributed by atoms with Crippen molar-refractivity contribution in [2.24, 2.45) is 5.73 Å². The maximum atomic E-state index is 14.6. The number of carbonyl (C=O) groups is 2. The monoisotopic (exact) mass is 476 g/mol. The summed E-state index contributed by atoms with van der Waals surface area (Å²) in [6.07, 6.45) is 1.49. The number of aromatic nitrogens is 1. The molecular formula is C26H18F2N2O5. The first-order valence-corrected chi connectivity index (χ1v) is 10.5. The first-order chi connectivity index (χ1) is 16.8. The van der Waals surface area contributed by atoms with Crippen molar-refractivity contribution in [3.63, 3.8) is 0 Å². The molecule has 0 aliphatic heterocycles. The van der Waals surface area contributed by atoms with Gasteiger partial charge in [-0.1, -0.05) is 18.2 Å². The number of carboxylic acids is 1. The third-order valence-electron chi connectivity index (χ3n) is 5.74. The smallest absolute Gasteiger partial charge is 0.341 e. The molecule has 0 atom stereocenters. The average Bonchev–Trinajstić information content (AvgIpc) is 3.47. The van der Waals surface area contributed by atoms with Crippen molar-refractivity contribution in [3.8, 4) is 17.1 Å². The predicted octanol–water partition coefficient (Wildman–Crippen LogP) is 4.94. The number of hydrogen-bond donors (Lipinski definition) is 2. The second-order valence-corrected chi connectivity index (χ2v) is 7.89. The van der Waals surface area contributed by atoms with Crippen LogP contribution in [0.15, 0.2) is 71.3 Å². The third kappa shape index (κ3) is 3.86. The van der Waals surface area contributed by atoms with Gasteiger partial charge in [-0.05, 0) is 42.5 Å². The number of nitrogens with zero attached hydrogens (tertiary/aromatic N) is 1. The molecule has 3 aromatic carbocycles. The van der Waals surface area contributed by atoms with Crippen LogP contribution in [0, 0.1) is 11.6 Å². The molecule has 0 saturated heterocycles. The number of primary amides is 1. The highest BCUT2D eigenvalue weighted by molar-refractivity contribution is 6.20. The third-order valence-corrected chi connectivity index (χ3v) is 5.74. The zero-order valence-corrected chi connectivity index (χ0v) is 18.1. The Hall–Kier alpha value is -4.66. The summed E-state index contributed by atoms with van der Waals surface area (Å²) in [6.45, 7) is -0.716. The molecule has 0 unspecified atom stereocenters. The first kappa shape index (κ1) is 22.1. The Bertz CT molecular complexity index is 1610. The van der Waals surface area contributed by atoms with Gasteiger partial charge in [0.1, 0.15) is 11.5 Å². The van der Waals surface area contributed by atoms with Gasteiger partial charge in [-0.3, -0.25) is 4.79 Å². The Morgan fingerprint density at radius 1 is 1.00 bits per heavy atom. The quantitative estimate of drug-likeness (QED) is 0.346. The van der Waals surface area contributed by atoms with Crippen LogP contribution in [0.3, 0.4) is 0 Å². The van der Waals surface area contributed by atoms with Crippen LogP contribution in [0.4, 0.5) is 8.78 Å². The van der Waals surface area contributed by atoms with Crippen LogP contribution < -0.4 is 10.5 Å². The summed E-state index contributed by atoms with van der Waals surface area (Å²) in [6, 6.07) is 15.6. The van der Waals surface area contributed by atoms with Gasteiger partial charge < -0.3 is 24.6 Å². The molecule has 3 N–H and O–H groups in total. The molecule has 9 heteroatoms. The highest BCUT2D eigenvalue weighted by Gasteiger charge is 2.23. The number of aliphatic carboxylic acids is 1. The van der Waals surface area contributed by atoms with Crippen LogP contribution in [0.1, 0.15) is 15.9 Å². The zero-order chi connectivity index (χ0) is 24.7. The standard InChI is InChI=1S/C26H18F2N2O5/c27-17-6-1-4-14(25(17)28)12-30-18-7-2-5-16(26(29)33)23(18)24-19(30)10-15(20-8-3-9-34-20)11-21(24)35-13-22(31)32/h1-11H,12-13H2,(H2,29,33)(H,31,32). The van der Waals surface area contributed by atoms with E-state index >= 15 is 0 Å². The van der Waals surface area contributed by atoms with Crippen molar-refractivity contribution >= 4 is 33.7 Å². The van der Waals surface area contributed by atoms with Gasteiger partial charge in [0.2, 0.25) is 5.91 Å². The second kappa shape index (κ2) is 8.60. The highest BCUT2D eigenvalue weighted by Crippen LogP contribution is 2.41. The van der Waals surface area contributed by atoms with Crippen LogP contribution in [0.25, 0.3) is 33.1 Å². The molecule has 0 radical (unpaired) electrons. The molecule has 0 saturated carbocycles. The molecule has 2 heterocycles. The number of amides is 1. The molecule has 0 fully saturated rings. The lowest BCUT2D eigenvalue weighted by molar-refractivity contribution is -0.139. The molecular weight excluding hydrogens is 458 g/mol. The van der Waals surface area contributed by atoms with Gasteiger partial charge in [-0.15, -0.1) is 0 Å². The molecule has 5 aromatic rings. The van der Waals surface area contributed by atoms with Crippen LogP contribution in [0.2, 0.25) is 0 Å². The molecule has 0 aliphatic carbocycles. The van der Waals surface area contributed by atoms with E-state index in [0.29, 0.717) is 33.1 Å². The minimum atomic E-state index is -1.19. The van der Waals surface area contributed by atoms with Crippen LogP contribution in [0.5, 0.6) is 5.75 Å². The van der Waals surface area contributed by atoms with E-state index in [4.69, 9.17) is 14.9 Å². The molecule has 1 amide bonds. The van der Waals surface area contributed by atoms with E-state index in [1.807, 2.05) is 0 Å². The van der Waals surface area contributed by atoms with Gasteiger partial charge in [0.05, 0.1) is 29.2 Å². The molecule has 2 aromatic heterocycles. The van der Waals surface area contributed by atoms with E-state index < -0.39 is 30.1 Å². The molecule has 5 rings (SSSR count). The summed E-state index contributed by atoms with van der Waals surface area (Å²) in [5.74, 6) is -3.21. The Balaban J connectivity index is 1.88. The van der Waals surface area contributed by atoms with Gasteiger partial charge in [0.25, 0.3) is 0 Å². The number of nitrogens with two attached hydrogens (primary N) is 1. The van der Waals surface area contributed by atoms with Crippen molar-refractivity contribution in [3.05, 3.63) is 89.7 Å². The molecule has 0 bridgehead atoms. The summed E-state index contributed by atoms with van der Waals surface area (Å²) in [5.41, 5.74) is 7.48. The predicted molar refractivity (Wildman–Crippen MR) is 124 cm³/mol. The van der Waals surface area contributed by atoms with E-state index in [1.54, 1.807) is 47.0 Å². The Morgan fingerprint density at radius 3 is 2.51 bits per heavy atom. The van der Waals surface area contributed by atoms with Crippen molar-refractivity contribution < 1.29 is 32.6 Å². The number of ether oxygens (including phenoxy) is 1. The van der Waals surface area contributed by atoms with Crippen LogP contribution in [-0.2, 0) is 11.3 Å². The fourth-order valence-electron chi connectivity index (χ4n) is 4.28. The normalized spacial score (nSPS) is 11.3.